The number of rotatable bonds is 4. The number of hydrogen-bond donors (Lipinski definition) is 1. The van der Waals surface area contributed by atoms with E-state index in [9.17, 15) is 0 Å². The van der Waals surface area contributed by atoms with Crippen molar-refractivity contribution >= 4 is 0 Å². The molecule has 0 amide bonds. The lowest BCUT2D eigenvalue weighted by atomic mass is 10.4. The van der Waals surface area contributed by atoms with E-state index in [0.29, 0.717) is 0 Å². The third kappa shape index (κ3) is 4.62. The summed E-state index contributed by atoms with van der Waals surface area (Å²) in [6.07, 6.45) is 3.91. The fourth-order valence-electron chi connectivity index (χ4n) is 0.637. The summed E-state index contributed by atoms with van der Waals surface area (Å²) in [6.45, 7) is 6.65. The van der Waals surface area contributed by atoms with Gasteiger partial charge in [-0.2, -0.15) is 0 Å². The van der Waals surface area contributed by atoms with Crippen LogP contribution in [0.2, 0.25) is 0 Å². The van der Waals surface area contributed by atoms with Gasteiger partial charge in [-0.05, 0) is 40.0 Å². The molecule has 0 bridgehead atoms. The summed E-state index contributed by atoms with van der Waals surface area (Å²) in [6, 6.07) is 0. The SMILES string of the molecule is C/C=C(/C)O/C(=C\C)CNC. The molecule has 64 valence electrons. The van der Waals surface area contributed by atoms with Crippen LogP contribution >= 0.6 is 0 Å². The first-order valence-corrected chi connectivity index (χ1v) is 3.85. The molecular weight excluding hydrogens is 138 g/mol. The summed E-state index contributed by atoms with van der Waals surface area (Å²) in [5.41, 5.74) is 0. The van der Waals surface area contributed by atoms with Crippen LogP contribution in [-0.2, 0) is 4.74 Å². The van der Waals surface area contributed by atoms with Crippen molar-refractivity contribution in [3.8, 4) is 0 Å². The minimum absolute atomic E-state index is 0.779. The van der Waals surface area contributed by atoms with Gasteiger partial charge in [0.15, 0.2) is 0 Å². The zero-order chi connectivity index (χ0) is 8.69. The molecule has 0 fully saturated rings. The highest BCUT2D eigenvalue weighted by molar-refractivity contribution is 4.99. The van der Waals surface area contributed by atoms with Gasteiger partial charge < -0.3 is 10.1 Å². The lowest BCUT2D eigenvalue weighted by Crippen LogP contribution is -2.11. The second-order valence-electron chi connectivity index (χ2n) is 2.29. The molecule has 0 radical (unpaired) electrons. The molecule has 0 aliphatic rings. The number of nitrogens with one attached hydrogen (secondary N) is 1. The van der Waals surface area contributed by atoms with Crippen LogP contribution in [0.3, 0.4) is 0 Å². The van der Waals surface area contributed by atoms with Crippen molar-refractivity contribution < 1.29 is 4.74 Å². The van der Waals surface area contributed by atoms with Crippen LogP contribution in [0, 0.1) is 0 Å². The second-order valence-corrected chi connectivity index (χ2v) is 2.29. The molecule has 0 heterocycles. The zero-order valence-corrected chi connectivity index (χ0v) is 7.77. The maximum Gasteiger partial charge on any atom is 0.113 e. The number of ether oxygens (including phenoxy) is 1. The molecule has 0 aliphatic carbocycles. The molecule has 0 rings (SSSR count). The third-order valence-electron chi connectivity index (χ3n) is 1.37. The lowest BCUT2D eigenvalue weighted by molar-refractivity contribution is 0.295. The third-order valence-corrected chi connectivity index (χ3v) is 1.37. The topological polar surface area (TPSA) is 21.3 Å². The van der Waals surface area contributed by atoms with Crippen LogP contribution in [0.1, 0.15) is 20.8 Å². The zero-order valence-electron chi connectivity index (χ0n) is 7.77. The minimum Gasteiger partial charge on any atom is -0.466 e. The Morgan fingerprint density at radius 1 is 1.36 bits per heavy atom. The Hall–Kier alpha value is -0.760. The van der Waals surface area contributed by atoms with Gasteiger partial charge in [0.1, 0.15) is 5.76 Å². The average molecular weight is 155 g/mol. The first kappa shape index (κ1) is 10.2. The van der Waals surface area contributed by atoms with E-state index in [2.05, 4.69) is 5.32 Å². The van der Waals surface area contributed by atoms with Gasteiger partial charge in [0.2, 0.25) is 0 Å². The largest absolute Gasteiger partial charge is 0.466 e. The van der Waals surface area contributed by atoms with Gasteiger partial charge in [0.25, 0.3) is 0 Å². The molecular formula is C9H17NO. The molecule has 11 heavy (non-hydrogen) atoms. The molecule has 0 saturated heterocycles. The van der Waals surface area contributed by atoms with Crippen molar-refractivity contribution in [3.63, 3.8) is 0 Å². The Labute approximate surface area is 68.9 Å². The Morgan fingerprint density at radius 2 is 2.00 bits per heavy atom. The highest BCUT2D eigenvalue weighted by Crippen LogP contribution is 2.03. The van der Waals surface area contributed by atoms with E-state index in [1.54, 1.807) is 0 Å². The van der Waals surface area contributed by atoms with Crippen LogP contribution < -0.4 is 5.32 Å². The summed E-state index contributed by atoms with van der Waals surface area (Å²) in [5.74, 6) is 1.90. The van der Waals surface area contributed by atoms with E-state index >= 15 is 0 Å². The lowest BCUT2D eigenvalue weighted by Gasteiger charge is -2.08. The highest BCUT2D eigenvalue weighted by Gasteiger charge is 1.94. The maximum atomic E-state index is 5.45. The molecule has 0 aromatic rings. The standard InChI is InChI=1S/C9H17NO/c1-5-8(3)11-9(6-2)7-10-4/h5-6,10H,7H2,1-4H3/b8-5-,9-6-. The predicted octanol–water partition coefficient (Wildman–Crippen LogP) is 2.05. The molecule has 2 heteroatoms. The summed E-state index contributed by atoms with van der Waals surface area (Å²) in [4.78, 5) is 0. The number of likely N-dealkylation sites (N-methyl/N-ethyl adjacent to an activating group) is 1. The monoisotopic (exact) mass is 155 g/mol. The molecule has 0 unspecified atom stereocenters. The first-order chi connectivity index (χ1) is 5.24. The minimum atomic E-state index is 0.779. The molecule has 2 nitrogen and oxygen atoms in total. The van der Waals surface area contributed by atoms with E-state index in [1.807, 2.05) is 40.0 Å². The quantitative estimate of drug-likeness (QED) is 0.627. The molecule has 0 saturated carbocycles. The Kier molecular flexibility index (Phi) is 5.57. The smallest absolute Gasteiger partial charge is 0.113 e. The van der Waals surface area contributed by atoms with Crippen LogP contribution in [0.15, 0.2) is 23.7 Å². The Balaban J connectivity index is 3.89. The van der Waals surface area contributed by atoms with E-state index in [4.69, 9.17) is 4.74 Å². The van der Waals surface area contributed by atoms with Crippen LogP contribution in [0.5, 0.6) is 0 Å². The summed E-state index contributed by atoms with van der Waals surface area (Å²) in [7, 11) is 1.90. The van der Waals surface area contributed by atoms with Crippen molar-refractivity contribution in [2.24, 2.45) is 0 Å². The first-order valence-electron chi connectivity index (χ1n) is 3.85. The van der Waals surface area contributed by atoms with E-state index in [-0.39, 0.29) is 0 Å². The van der Waals surface area contributed by atoms with Crippen LogP contribution in [0.25, 0.3) is 0 Å². The summed E-state index contributed by atoms with van der Waals surface area (Å²) < 4.78 is 5.45. The van der Waals surface area contributed by atoms with Crippen LogP contribution in [-0.4, -0.2) is 13.6 Å². The number of allylic oxidation sites excluding steroid dienone is 3. The molecule has 0 spiro atoms. The molecule has 1 N–H and O–H groups in total. The summed E-state index contributed by atoms with van der Waals surface area (Å²) in [5, 5.41) is 3.03. The second kappa shape index (κ2) is 5.98. The molecule has 0 aliphatic heterocycles. The van der Waals surface area contributed by atoms with E-state index in [0.717, 1.165) is 18.1 Å². The summed E-state index contributed by atoms with van der Waals surface area (Å²) >= 11 is 0. The maximum absolute atomic E-state index is 5.45. The van der Waals surface area contributed by atoms with Crippen molar-refractivity contribution in [2.45, 2.75) is 20.8 Å². The molecule has 0 aromatic carbocycles. The van der Waals surface area contributed by atoms with Crippen molar-refractivity contribution in [1.82, 2.24) is 5.32 Å². The number of hydrogen-bond acceptors (Lipinski definition) is 2. The van der Waals surface area contributed by atoms with Crippen molar-refractivity contribution in [1.29, 1.82) is 0 Å². The highest BCUT2D eigenvalue weighted by atomic mass is 16.5. The van der Waals surface area contributed by atoms with E-state index < -0.39 is 0 Å². The van der Waals surface area contributed by atoms with Crippen LogP contribution in [0.4, 0.5) is 0 Å². The van der Waals surface area contributed by atoms with Gasteiger partial charge in [-0.1, -0.05) is 0 Å². The fraction of sp³-hybridized carbons (Fsp3) is 0.556. The Morgan fingerprint density at radius 3 is 2.36 bits per heavy atom. The predicted molar refractivity (Wildman–Crippen MR) is 48.2 cm³/mol. The van der Waals surface area contributed by atoms with Gasteiger partial charge >= 0.3 is 0 Å². The van der Waals surface area contributed by atoms with Gasteiger partial charge in [0, 0.05) is 0 Å². The van der Waals surface area contributed by atoms with Crippen molar-refractivity contribution in [3.05, 3.63) is 23.7 Å². The Bertz CT molecular complexity index is 159. The fourth-order valence-corrected chi connectivity index (χ4v) is 0.637. The molecule has 0 atom stereocenters. The normalized spacial score (nSPS) is 13.5. The van der Waals surface area contributed by atoms with Gasteiger partial charge in [0.05, 0.1) is 12.3 Å². The van der Waals surface area contributed by atoms with Gasteiger partial charge in [-0.25, -0.2) is 0 Å². The van der Waals surface area contributed by atoms with E-state index in [1.165, 1.54) is 0 Å². The van der Waals surface area contributed by atoms with Gasteiger partial charge in [-0.15, -0.1) is 0 Å². The van der Waals surface area contributed by atoms with Crippen molar-refractivity contribution in [2.75, 3.05) is 13.6 Å². The average Bonchev–Trinajstić information content (AvgIpc) is 2.03. The van der Waals surface area contributed by atoms with Gasteiger partial charge in [-0.3, -0.25) is 0 Å². The molecule has 0 aromatic heterocycles.